The van der Waals surface area contributed by atoms with Crippen molar-refractivity contribution in [2.45, 2.75) is 76.4 Å². The minimum atomic E-state index is -0.289. The van der Waals surface area contributed by atoms with Gasteiger partial charge in [-0.25, -0.2) is 0 Å². The third-order valence-electron chi connectivity index (χ3n) is 8.71. The molecular weight excluding hydrogens is 361 g/mol. The summed E-state index contributed by atoms with van der Waals surface area (Å²) in [5, 5.41) is 9.34. The number of hydrogen-bond acceptors (Lipinski definition) is 4. The van der Waals surface area contributed by atoms with Crippen molar-refractivity contribution in [3.63, 3.8) is 0 Å². The van der Waals surface area contributed by atoms with Gasteiger partial charge in [-0.2, -0.15) is 0 Å². The average Bonchev–Trinajstić information content (AvgIpc) is 2.85. The van der Waals surface area contributed by atoms with Crippen molar-refractivity contribution in [3.05, 3.63) is 29.8 Å². The maximum absolute atomic E-state index is 9.34. The molecular formula is C24H36BNO3. The van der Waals surface area contributed by atoms with Crippen molar-refractivity contribution in [2.24, 2.45) is 11.3 Å². The van der Waals surface area contributed by atoms with E-state index in [1.807, 2.05) is 0 Å². The van der Waals surface area contributed by atoms with Crippen LogP contribution in [0.15, 0.2) is 24.3 Å². The Morgan fingerprint density at radius 2 is 1.52 bits per heavy atom. The van der Waals surface area contributed by atoms with Gasteiger partial charge in [-0.05, 0) is 101 Å². The van der Waals surface area contributed by atoms with Crippen LogP contribution in [0.3, 0.4) is 0 Å². The Morgan fingerprint density at radius 1 is 0.966 bits per heavy atom. The first-order chi connectivity index (χ1) is 13.7. The lowest BCUT2D eigenvalue weighted by molar-refractivity contribution is -0.158. The van der Waals surface area contributed by atoms with Gasteiger partial charge in [-0.1, -0.05) is 24.3 Å². The molecule has 0 amide bonds. The fourth-order valence-corrected chi connectivity index (χ4v) is 6.25. The second-order valence-electron chi connectivity index (χ2n) is 11.4. The van der Waals surface area contributed by atoms with E-state index in [2.05, 4.69) is 56.9 Å². The number of aliphatic hydroxyl groups is 1. The van der Waals surface area contributed by atoms with Crippen LogP contribution in [-0.2, 0) is 14.7 Å². The Kier molecular flexibility index (Phi) is 4.54. The fraction of sp³-hybridized carbons (Fsp3) is 0.750. The number of nitrogens with zero attached hydrogens (tertiary/aromatic N) is 1. The monoisotopic (exact) mass is 397 g/mol. The van der Waals surface area contributed by atoms with Crippen LogP contribution < -0.4 is 5.46 Å². The van der Waals surface area contributed by atoms with E-state index in [1.54, 1.807) is 0 Å². The number of benzene rings is 1. The Hall–Kier alpha value is -0.875. The molecule has 2 heterocycles. The number of piperidine rings is 1. The van der Waals surface area contributed by atoms with E-state index < -0.39 is 0 Å². The van der Waals surface area contributed by atoms with Gasteiger partial charge in [-0.15, -0.1) is 0 Å². The summed E-state index contributed by atoms with van der Waals surface area (Å²) >= 11 is 0. The molecule has 4 nitrogen and oxygen atoms in total. The molecule has 0 unspecified atom stereocenters. The summed E-state index contributed by atoms with van der Waals surface area (Å²) in [4.78, 5) is 2.65. The van der Waals surface area contributed by atoms with Gasteiger partial charge in [0.05, 0.1) is 11.2 Å². The van der Waals surface area contributed by atoms with Gasteiger partial charge in [0.1, 0.15) is 0 Å². The minimum Gasteiger partial charge on any atom is -0.399 e. The normalized spacial score (nSPS) is 36.0. The number of rotatable bonds is 5. The van der Waals surface area contributed by atoms with Gasteiger partial charge in [0, 0.05) is 13.2 Å². The molecule has 29 heavy (non-hydrogen) atoms. The largest absolute Gasteiger partial charge is 0.494 e. The van der Waals surface area contributed by atoms with E-state index in [-0.39, 0.29) is 18.3 Å². The number of likely N-dealkylation sites (tertiary alicyclic amines) is 1. The predicted octanol–water partition coefficient (Wildman–Crippen LogP) is 3.11. The van der Waals surface area contributed by atoms with Crippen molar-refractivity contribution in [1.29, 1.82) is 0 Å². The quantitative estimate of drug-likeness (QED) is 0.776. The first-order valence-corrected chi connectivity index (χ1v) is 11.5. The maximum atomic E-state index is 9.34. The predicted molar refractivity (Wildman–Crippen MR) is 116 cm³/mol. The van der Waals surface area contributed by atoms with Gasteiger partial charge < -0.3 is 19.3 Å². The third kappa shape index (κ3) is 3.20. The van der Waals surface area contributed by atoms with Crippen LogP contribution >= 0.6 is 0 Å². The summed E-state index contributed by atoms with van der Waals surface area (Å²) < 4.78 is 12.4. The van der Waals surface area contributed by atoms with E-state index in [4.69, 9.17) is 9.31 Å². The van der Waals surface area contributed by atoms with Crippen LogP contribution in [0.25, 0.3) is 0 Å². The lowest BCUT2D eigenvalue weighted by Crippen LogP contribution is -2.68. The van der Waals surface area contributed by atoms with Crippen LogP contribution in [0, 0.1) is 11.3 Å². The zero-order valence-corrected chi connectivity index (χ0v) is 18.5. The smallest absolute Gasteiger partial charge is 0.399 e. The highest BCUT2D eigenvalue weighted by molar-refractivity contribution is 6.62. The van der Waals surface area contributed by atoms with E-state index in [0.717, 1.165) is 18.3 Å². The molecule has 1 N–H and O–H groups in total. The highest BCUT2D eigenvalue weighted by Gasteiger charge is 2.68. The van der Waals surface area contributed by atoms with Crippen LogP contribution in [-0.4, -0.2) is 54.6 Å². The van der Waals surface area contributed by atoms with Gasteiger partial charge in [0.2, 0.25) is 0 Å². The number of hydrogen-bond donors (Lipinski definition) is 1. The summed E-state index contributed by atoms with van der Waals surface area (Å²) in [6, 6.07) is 9.06. The second kappa shape index (κ2) is 6.56. The van der Waals surface area contributed by atoms with E-state index in [9.17, 15) is 5.11 Å². The van der Waals surface area contributed by atoms with Crippen molar-refractivity contribution >= 4 is 12.6 Å². The average molecular weight is 397 g/mol. The Morgan fingerprint density at radius 3 is 2.03 bits per heavy atom. The maximum Gasteiger partial charge on any atom is 0.494 e. The molecule has 3 saturated carbocycles. The lowest BCUT2D eigenvalue weighted by Gasteiger charge is -2.72. The van der Waals surface area contributed by atoms with Crippen LogP contribution in [0.2, 0.25) is 0 Å². The summed E-state index contributed by atoms with van der Waals surface area (Å²) in [5.74, 6) is 0.535. The molecule has 158 valence electrons. The zero-order valence-electron chi connectivity index (χ0n) is 18.5. The molecule has 5 aliphatic rings. The molecule has 1 aromatic carbocycles. The molecule has 0 aromatic heterocycles. The summed E-state index contributed by atoms with van der Waals surface area (Å²) in [6.07, 6.45) is 6.36. The van der Waals surface area contributed by atoms with Crippen molar-refractivity contribution in [1.82, 2.24) is 4.90 Å². The Balaban J connectivity index is 1.17. The second-order valence-corrected chi connectivity index (χ2v) is 11.4. The summed E-state index contributed by atoms with van der Waals surface area (Å²) in [7, 11) is -0.268. The first kappa shape index (κ1) is 20.1. The van der Waals surface area contributed by atoms with Crippen molar-refractivity contribution in [3.8, 4) is 0 Å². The molecule has 2 bridgehead atoms. The SMILES string of the molecule is CC1(C)OB(c2ccc(C34CC(CN5CCC(CO)CC5)(C3)C4)cc2)OC1(C)C. The first-order valence-electron chi connectivity index (χ1n) is 11.5. The van der Waals surface area contributed by atoms with Crippen LogP contribution in [0.4, 0.5) is 0 Å². The standard InChI is InChI=1S/C24H36BNO3/c1-21(2)22(3,4)29-25(28-21)20-7-5-19(6-8-20)24-14-23(15-24,16-24)17-26-11-9-18(13-27)10-12-26/h5-8,18,27H,9-17H2,1-4H3. The van der Waals surface area contributed by atoms with Crippen molar-refractivity contribution in [2.75, 3.05) is 26.2 Å². The molecule has 5 fully saturated rings. The molecule has 6 rings (SSSR count). The molecule has 0 radical (unpaired) electrons. The molecule has 0 spiro atoms. The van der Waals surface area contributed by atoms with E-state index in [0.29, 0.717) is 23.4 Å². The lowest BCUT2D eigenvalue weighted by atomic mass is 9.33. The Labute approximate surface area is 176 Å². The zero-order chi connectivity index (χ0) is 20.5. The molecule has 0 atom stereocenters. The minimum absolute atomic E-state index is 0.268. The Bertz CT molecular complexity index is 731. The van der Waals surface area contributed by atoms with E-state index in [1.165, 1.54) is 44.5 Å². The third-order valence-corrected chi connectivity index (χ3v) is 8.71. The van der Waals surface area contributed by atoms with Crippen molar-refractivity contribution < 1.29 is 14.4 Å². The van der Waals surface area contributed by atoms with E-state index >= 15 is 0 Å². The molecule has 3 aliphatic carbocycles. The summed E-state index contributed by atoms with van der Waals surface area (Å²) in [6.45, 7) is 12.4. The highest BCUT2D eigenvalue weighted by Crippen LogP contribution is 2.73. The van der Waals surface area contributed by atoms with Gasteiger partial charge >= 0.3 is 7.12 Å². The fourth-order valence-electron chi connectivity index (χ4n) is 6.25. The topological polar surface area (TPSA) is 41.9 Å². The molecule has 2 saturated heterocycles. The van der Waals surface area contributed by atoms with Crippen LogP contribution in [0.5, 0.6) is 0 Å². The van der Waals surface area contributed by atoms with Gasteiger partial charge in [0.25, 0.3) is 0 Å². The number of aliphatic hydroxyl groups excluding tert-OH is 1. The van der Waals surface area contributed by atoms with Gasteiger partial charge in [-0.3, -0.25) is 0 Å². The van der Waals surface area contributed by atoms with Gasteiger partial charge in [0.15, 0.2) is 0 Å². The molecule has 2 aliphatic heterocycles. The summed E-state index contributed by atoms with van der Waals surface area (Å²) in [5.41, 5.74) is 3.04. The molecule has 5 heteroatoms. The van der Waals surface area contributed by atoms with Crippen LogP contribution in [0.1, 0.15) is 65.4 Å². The highest BCUT2D eigenvalue weighted by atomic mass is 16.7. The molecule has 1 aromatic rings.